The first-order chi connectivity index (χ1) is 4.34. The highest BCUT2D eigenvalue weighted by Crippen LogP contribution is 2.05. The molecule has 0 unspecified atom stereocenters. The second-order valence-electron chi connectivity index (χ2n) is 2.09. The molecule has 1 aliphatic heterocycles. The summed E-state index contributed by atoms with van der Waals surface area (Å²) in [6.45, 7) is 0.889. The molecule has 1 atom stereocenters. The Kier molecular flexibility index (Phi) is 2.11. The van der Waals surface area contributed by atoms with E-state index in [1.165, 1.54) is 0 Å². The van der Waals surface area contributed by atoms with E-state index in [9.17, 15) is 4.79 Å². The minimum atomic E-state index is -0.354. The van der Waals surface area contributed by atoms with Crippen molar-refractivity contribution >= 4 is 14.0 Å². The van der Waals surface area contributed by atoms with E-state index in [0.717, 1.165) is 19.4 Å². The Morgan fingerprint density at radius 3 is 3.00 bits per heavy atom. The molecule has 1 heterocycles. The van der Waals surface area contributed by atoms with Crippen molar-refractivity contribution in [2.45, 2.75) is 18.9 Å². The summed E-state index contributed by atoms with van der Waals surface area (Å²) in [5.74, 6) is -0.354. The first-order valence-corrected chi connectivity index (χ1v) is 2.98. The first-order valence-electron chi connectivity index (χ1n) is 2.98. The minimum absolute atomic E-state index is 0.157. The van der Waals surface area contributed by atoms with Crippen LogP contribution in [0.1, 0.15) is 12.8 Å². The van der Waals surface area contributed by atoms with E-state index >= 15 is 0 Å². The molecule has 3 nitrogen and oxygen atoms in total. The van der Waals surface area contributed by atoms with E-state index in [1.807, 2.05) is 0 Å². The number of hydrogen-bond donors (Lipinski definition) is 1. The predicted octanol–water partition coefficient (Wildman–Crippen LogP) is -0.635. The average molecular weight is 125 g/mol. The quantitative estimate of drug-likeness (QED) is 0.474. The zero-order valence-corrected chi connectivity index (χ0v) is 5.09. The second-order valence-corrected chi connectivity index (χ2v) is 2.09. The molecular weight excluding hydrogens is 117 g/mol. The number of carbonyl (C=O) groups is 1. The van der Waals surface area contributed by atoms with Crippen molar-refractivity contribution in [3.05, 3.63) is 0 Å². The summed E-state index contributed by atoms with van der Waals surface area (Å²) in [4.78, 5) is 10.6. The summed E-state index contributed by atoms with van der Waals surface area (Å²) in [6, 6.07) is -0.157. The Morgan fingerprint density at radius 1 is 1.78 bits per heavy atom. The van der Waals surface area contributed by atoms with Crippen molar-refractivity contribution in [2.24, 2.45) is 0 Å². The van der Waals surface area contributed by atoms with Crippen LogP contribution in [0.4, 0.5) is 0 Å². The predicted molar refractivity (Wildman–Crippen MR) is 32.9 cm³/mol. The Labute approximate surface area is 55.2 Å². The standard InChI is InChI=1S/C5H8BNO2/c6-9-5(8)4-2-1-3-7-4/h4,7H,1-3H2/t4-/m0/s1. The topological polar surface area (TPSA) is 38.3 Å². The fraction of sp³-hybridized carbons (Fsp3) is 0.800. The van der Waals surface area contributed by atoms with Crippen LogP contribution in [0, 0.1) is 0 Å². The summed E-state index contributed by atoms with van der Waals surface area (Å²) >= 11 is 0. The first kappa shape index (κ1) is 6.61. The highest BCUT2D eigenvalue weighted by atomic mass is 16.5. The van der Waals surface area contributed by atoms with Gasteiger partial charge in [-0.2, -0.15) is 0 Å². The molecule has 1 fully saturated rings. The largest absolute Gasteiger partial charge is 0.542 e. The Hall–Kier alpha value is -0.505. The van der Waals surface area contributed by atoms with E-state index in [-0.39, 0.29) is 12.0 Å². The fourth-order valence-corrected chi connectivity index (χ4v) is 0.968. The molecule has 0 saturated carbocycles. The molecule has 4 heteroatoms. The summed E-state index contributed by atoms with van der Waals surface area (Å²) in [7, 11) is 4.66. The van der Waals surface area contributed by atoms with Crippen molar-refractivity contribution in [3.8, 4) is 0 Å². The van der Waals surface area contributed by atoms with E-state index in [0.29, 0.717) is 0 Å². The van der Waals surface area contributed by atoms with Gasteiger partial charge in [0, 0.05) is 0 Å². The lowest BCUT2D eigenvalue weighted by Crippen LogP contribution is -2.31. The Morgan fingerprint density at radius 2 is 2.56 bits per heavy atom. The maximum absolute atomic E-state index is 10.6. The van der Waals surface area contributed by atoms with Crippen LogP contribution in [0.25, 0.3) is 0 Å². The summed E-state index contributed by atoms with van der Waals surface area (Å²) in [6.07, 6.45) is 1.87. The van der Waals surface area contributed by atoms with E-state index in [2.05, 4.69) is 18.0 Å². The molecule has 1 N–H and O–H groups in total. The summed E-state index contributed by atoms with van der Waals surface area (Å²) < 4.78 is 4.03. The maximum atomic E-state index is 10.6. The van der Waals surface area contributed by atoms with Gasteiger partial charge in [-0.3, -0.25) is 4.79 Å². The molecule has 0 bridgehead atoms. The maximum Gasteiger partial charge on any atom is 0.378 e. The van der Waals surface area contributed by atoms with Gasteiger partial charge in [0.25, 0.3) is 0 Å². The van der Waals surface area contributed by atoms with Crippen LogP contribution in [0.3, 0.4) is 0 Å². The zero-order valence-electron chi connectivity index (χ0n) is 5.09. The van der Waals surface area contributed by atoms with Crippen molar-refractivity contribution in [3.63, 3.8) is 0 Å². The van der Waals surface area contributed by atoms with Gasteiger partial charge in [0.2, 0.25) is 0 Å². The molecular formula is C5H8BNO2. The summed E-state index contributed by atoms with van der Waals surface area (Å²) in [5, 5.41) is 2.95. The van der Waals surface area contributed by atoms with Gasteiger partial charge < -0.3 is 9.97 Å². The normalized spacial score (nSPS) is 26.0. The molecule has 0 aromatic rings. The summed E-state index contributed by atoms with van der Waals surface area (Å²) in [5.41, 5.74) is 0. The molecule has 0 amide bonds. The van der Waals surface area contributed by atoms with Crippen LogP contribution >= 0.6 is 0 Å². The lowest BCUT2D eigenvalue weighted by molar-refractivity contribution is -0.135. The highest BCUT2D eigenvalue weighted by molar-refractivity contribution is 6.06. The second kappa shape index (κ2) is 2.87. The number of rotatable bonds is 1. The molecule has 1 saturated heterocycles. The highest BCUT2D eigenvalue weighted by Gasteiger charge is 2.21. The molecule has 1 aliphatic rings. The van der Waals surface area contributed by atoms with E-state index in [1.54, 1.807) is 0 Å². The fourth-order valence-electron chi connectivity index (χ4n) is 0.968. The molecule has 48 valence electrons. The average Bonchev–Trinajstić information content (AvgIpc) is 2.37. The smallest absolute Gasteiger partial charge is 0.378 e. The molecule has 0 aromatic heterocycles. The van der Waals surface area contributed by atoms with Gasteiger partial charge in [0.05, 0.1) is 0 Å². The monoisotopic (exact) mass is 125 g/mol. The third-order valence-corrected chi connectivity index (χ3v) is 1.46. The number of carbonyl (C=O) groups excluding carboxylic acids is 1. The van der Waals surface area contributed by atoms with E-state index < -0.39 is 0 Å². The number of hydrogen-bond acceptors (Lipinski definition) is 3. The van der Waals surface area contributed by atoms with Crippen LogP contribution < -0.4 is 5.32 Å². The minimum Gasteiger partial charge on any atom is -0.542 e. The third kappa shape index (κ3) is 1.45. The van der Waals surface area contributed by atoms with Crippen LogP contribution in [-0.4, -0.2) is 26.6 Å². The van der Waals surface area contributed by atoms with Crippen molar-refractivity contribution < 1.29 is 9.45 Å². The zero-order chi connectivity index (χ0) is 6.69. The van der Waals surface area contributed by atoms with Crippen molar-refractivity contribution in [2.75, 3.05) is 6.54 Å². The SMILES string of the molecule is [B]OC(=O)[C@@H]1CCCN1. The van der Waals surface area contributed by atoms with Gasteiger partial charge in [0.1, 0.15) is 6.04 Å². The molecule has 9 heavy (non-hydrogen) atoms. The third-order valence-electron chi connectivity index (χ3n) is 1.46. The lowest BCUT2D eigenvalue weighted by atomic mass is 10.2. The van der Waals surface area contributed by atoms with Crippen LogP contribution in [0.15, 0.2) is 0 Å². The Bertz CT molecular complexity index is 112. The van der Waals surface area contributed by atoms with Gasteiger partial charge >= 0.3 is 14.0 Å². The van der Waals surface area contributed by atoms with Gasteiger partial charge in [-0.05, 0) is 19.4 Å². The van der Waals surface area contributed by atoms with Gasteiger partial charge in [-0.15, -0.1) is 0 Å². The molecule has 1 rings (SSSR count). The van der Waals surface area contributed by atoms with Crippen molar-refractivity contribution in [1.29, 1.82) is 0 Å². The lowest BCUT2D eigenvalue weighted by Gasteiger charge is -2.05. The molecule has 0 spiro atoms. The Balaban J connectivity index is 2.32. The molecule has 0 aliphatic carbocycles. The van der Waals surface area contributed by atoms with Crippen LogP contribution in [0.5, 0.6) is 0 Å². The van der Waals surface area contributed by atoms with Crippen LogP contribution in [0.2, 0.25) is 0 Å². The number of nitrogens with one attached hydrogen (secondary N) is 1. The molecule has 0 aromatic carbocycles. The van der Waals surface area contributed by atoms with Crippen LogP contribution in [-0.2, 0) is 9.45 Å². The van der Waals surface area contributed by atoms with E-state index in [4.69, 9.17) is 0 Å². The van der Waals surface area contributed by atoms with Gasteiger partial charge in [-0.25, -0.2) is 0 Å². The molecule has 2 radical (unpaired) electrons. The van der Waals surface area contributed by atoms with Gasteiger partial charge in [0.15, 0.2) is 0 Å². The van der Waals surface area contributed by atoms with Crippen molar-refractivity contribution in [1.82, 2.24) is 5.32 Å². The van der Waals surface area contributed by atoms with Gasteiger partial charge in [-0.1, -0.05) is 0 Å².